The molecule has 1 aromatic carbocycles. The number of carbonyl (C=O) groups is 2. The van der Waals surface area contributed by atoms with E-state index in [-0.39, 0.29) is 17.4 Å². The minimum atomic E-state index is -0.704. The fourth-order valence-corrected chi connectivity index (χ4v) is 4.56. The number of ketones is 1. The van der Waals surface area contributed by atoms with E-state index in [1.165, 1.54) is 4.90 Å². The van der Waals surface area contributed by atoms with Gasteiger partial charge in [0.05, 0.1) is 17.9 Å². The summed E-state index contributed by atoms with van der Waals surface area (Å²) in [7, 11) is 0. The fraction of sp³-hybridized carbons (Fsp3) is 0.280. The Bertz CT molecular complexity index is 1220. The lowest BCUT2D eigenvalue weighted by Gasteiger charge is -2.25. The van der Waals surface area contributed by atoms with Crippen molar-refractivity contribution in [1.29, 1.82) is 0 Å². The molecule has 2 atom stereocenters. The third kappa shape index (κ3) is 3.88. The molecule has 0 radical (unpaired) electrons. The average molecular weight is 444 g/mol. The van der Waals surface area contributed by atoms with Crippen molar-refractivity contribution >= 4 is 17.4 Å². The number of hydrogen-bond acceptors (Lipinski definition) is 6. The van der Waals surface area contributed by atoms with Crippen LogP contribution in [0.15, 0.2) is 67.0 Å². The quantitative estimate of drug-likeness (QED) is 0.356. The Hall–Kier alpha value is -3.94. The van der Waals surface area contributed by atoms with E-state index in [0.29, 0.717) is 30.6 Å². The summed E-state index contributed by atoms with van der Waals surface area (Å²) >= 11 is 0. The van der Waals surface area contributed by atoms with Gasteiger partial charge in [-0.25, -0.2) is 4.98 Å². The largest absolute Gasteiger partial charge is 0.507 e. The lowest BCUT2D eigenvalue weighted by Crippen LogP contribution is -2.31. The number of nitrogens with zero attached hydrogens (tertiary/aromatic N) is 4. The van der Waals surface area contributed by atoms with Crippen LogP contribution >= 0.6 is 0 Å². The third-order valence-electron chi connectivity index (χ3n) is 6.08. The van der Waals surface area contributed by atoms with Gasteiger partial charge in [-0.2, -0.15) is 0 Å². The second kappa shape index (κ2) is 8.54. The zero-order valence-corrected chi connectivity index (χ0v) is 18.2. The number of aromatic nitrogens is 3. The number of Topliss-reactive ketones (excluding diaryl/α,β-unsaturated/α-hetero) is 1. The molecular formula is C25H24N4O4. The number of imidazole rings is 1. The highest BCUT2D eigenvalue weighted by molar-refractivity contribution is 6.46. The molecule has 8 nitrogen and oxygen atoms in total. The molecule has 2 unspecified atom stereocenters. The maximum atomic E-state index is 13.1. The molecule has 0 bridgehead atoms. The average Bonchev–Trinajstić information content (AvgIpc) is 3.53. The van der Waals surface area contributed by atoms with Crippen LogP contribution in [0.1, 0.15) is 36.1 Å². The van der Waals surface area contributed by atoms with Gasteiger partial charge in [-0.05, 0) is 48.7 Å². The topological polar surface area (TPSA) is 97.6 Å². The van der Waals surface area contributed by atoms with Gasteiger partial charge in [-0.1, -0.05) is 6.07 Å². The van der Waals surface area contributed by atoms with E-state index in [1.54, 1.807) is 43.1 Å². The highest BCUT2D eigenvalue weighted by Gasteiger charge is 2.46. The van der Waals surface area contributed by atoms with E-state index in [9.17, 15) is 14.7 Å². The summed E-state index contributed by atoms with van der Waals surface area (Å²) in [6, 6.07) is 8.23. The standard InChI is InChI=1S/C25H24N4O4/c1-16-12-19-13-17(5-6-20(19)33-16)23(30)21-22(18-4-2-7-26-14-18)29(25(32)24(21)31)10-3-9-28-11-8-27-15-28/h2,4-8,11,13-16,22,30H,3,9-10,12H2,1H3/b23-21+. The molecule has 168 valence electrons. The summed E-state index contributed by atoms with van der Waals surface area (Å²) < 4.78 is 7.67. The number of aliphatic hydroxyl groups excluding tert-OH is 1. The van der Waals surface area contributed by atoms with Crippen LogP contribution in [0.4, 0.5) is 0 Å². The molecule has 0 saturated carbocycles. The van der Waals surface area contributed by atoms with Crippen molar-refractivity contribution in [2.24, 2.45) is 0 Å². The van der Waals surface area contributed by atoms with E-state index < -0.39 is 17.7 Å². The molecule has 1 N–H and O–H groups in total. The van der Waals surface area contributed by atoms with Crippen molar-refractivity contribution in [2.75, 3.05) is 6.54 Å². The summed E-state index contributed by atoms with van der Waals surface area (Å²) in [6.07, 6.45) is 9.95. The Morgan fingerprint density at radius 3 is 2.82 bits per heavy atom. The predicted molar refractivity (Wildman–Crippen MR) is 120 cm³/mol. The van der Waals surface area contributed by atoms with Crippen molar-refractivity contribution in [1.82, 2.24) is 19.4 Å². The van der Waals surface area contributed by atoms with E-state index in [4.69, 9.17) is 4.74 Å². The lowest BCUT2D eigenvalue weighted by molar-refractivity contribution is -0.139. The molecule has 5 rings (SSSR count). The molecule has 33 heavy (non-hydrogen) atoms. The van der Waals surface area contributed by atoms with Crippen LogP contribution < -0.4 is 4.74 Å². The maximum Gasteiger partial charge on any atom is 0.295 e. The summed E-state index contributed by atoms with van der Waals surface area (Å²) in [5.41, 5.74) is 2.23. The molecule has 2 aliphatic heterocycles. The van der Waals surface area contributed by atoms with E-state index in [2.05, 4.69) is 9.97 Å². The highest BCUT2D eigenvalue weighted by atomic mass is 16.5. The van der Waals surface area contributed by atoms with Crippen molar-refractivity contribution in [3.8, 4) is 5.75 Å². The number of hydrogen-bond donors (Lipinski definition) is 1. The lowest BCUT2D eigenvalue weighted by atomic mass is 9.95. The number of fused-ring (bicyclic) bond motifs is 1. The summed E-state index contributed by atoms with van der Waals surface area (Å²) in [5, 5.41) is 11.2. The van der Waals surface area contributed by atoms with E-state index in [1.807, 2.05) is 29.8 Å². The fourth-order valence-electron chi connectivity index (χ4n) is 4.56. The zero-order valence-electron chi connectivity index (χ0n) is 18.2. The molecule has 2 aromatic heterocycles. The SMILES string of the molecule is CC1Cc2cc(/C(O)=C3\C(=O)C(=O)N(CCCn4ccnc4)C3c3cccnc3)ccc2O1. The Morgan fingerprint density at radius 2 is 2.06 bits per heavy atom. The Morgan fingerprint density at radius 1 is 1.18 bits per heavy atom. The molecular weight excluding hydrogens is 420 g/mol. The van der Waals surface area contributed by atoms with Crippen LogP contribution in [0.25, 0.3) is 5.76 Å². The molecule has 1 amide bonds. The van der Waals surface area contributed by atoms with Crippen LogP contribution in [0.2, 0.25) is 0 Å². The number of aryl methyl sites for hydroxylation is 1. The van der Waals surface area contributed by atoms with E-state index >= 15 is 0 Å². The number of likely N-dealkylation sites (tertiary alicyclic amines) is 1. The minimum absolute atomic E-state index is 0.0638. The number of amides is 1. The highest BCUT2D eigenvalue weighted by Crippen LogP contribution is 2.40. The Balaban J connectivity index is 1.51. The van der Waals surface area contributed by atoms with Crippen molar-refractivity contribution in [3.63, 3.8) is 0 Å². The van der Waals surface area contributed by atoms with Gasteiger partial charge in [0.1, 0.15) is 17.6 Å². The van der Waals surface area contributed by atoms with E-state index in [0.717, 1.165) is 17.7 Å². The monoisotopic (exact) mass is 444 g/mol. The van der Waals surface area contributed by atoms with Crippen molar-refractivity contribution in [3.05, 3.63) is 83.7 Å². The normalized spacial score (nSPS) is 21.3. The first kappa shape index (κ1) is 20.9. The van der Waals surface area contributed by atoms with Crippen molar-refractivity contribution in [2.45, 2.75) is 38.5 Å². The van der Waals surface area contributed by atoms with Gasteiger partial charge in [-0.3, -0.25) is 14.6 Å². The number of pyridine rings is 1. The molecule has 1 fully saturated rings. The number of rotatable bonds is 6. The van der Waals surface area contributed by atoms with Gasteiger partial charge in [0.25, 0.3) is 11.7 Å². The summed E-state index contributed by atoms with van der Waals surface area (Å²) in [4.78, 5) is 35.9. The number of benzene rings is 1. The van der Waals surface area contributed by atoms with Crippen LogP contribution in [-0.2, 0) is 22.6 Å². The second-order valence-corrected chi connectivity index (χ2v) is 8.39. The summed E-state index contributed by atoms with van der Waals surface area (Å²) in [6.45, 7) is 3.00. The molecule has 1 saturated heterocycles. The molecule has 3 aromatic rings. The Labute approximate surface area is 191 Å². The third-order valence-corrected chi connectivity index (χ3v) is 6.08. The van der Waals surface area contributed by atoms with Gasteiger partial charge in [-0.15, -0.1) is 0 Å². The molecule has 0 aliphatic carbocycles. The molecule has 4 heterocycles. The molecule has 0 spiro atoms. The van der Waals surface area contributed by atoms with Crippen LogP contribution in [0.5, 0.6) is 5.75 Å². The van der Waals surface area contributed by atoms with Crippen molar-refractivity contribution < 1.29 is 19.4 Å². The first-order valence-corrected chi connectivity index (χ1v) is 11.0. The molecule has 2 aliphatic rings. The van der Waals surface area contributed by atoms with Crippen LogP contribution in [-0.4, -0.2) is 48.9 Å². The van der Waals surface area contributed by atoms with Crippen LogP contribution in [0, 0.1) is 0 Å². The predicted octanol–water partition coefficient (Wildman–Crippen LogP) is 3.11. The first-order chi connectivity index (χ1) is 16.0. The van der Waals surface area contributed by atoms with Gasteiger partial charge < -0.3 is 19.3 Å². The maximum absolute atomic E-state index is 13.1. The van der Waals surface area contributed by atoms with Gasteiger partial charge in [0.15, 0.2) is 0 Å². The smallest absolute Gasteiger partial charge is 0.295 e. The zero-order chi connectivity index (χ0) is 22.9. The number of carbonyl (C=O) groups excluding carboxylic acids is 2. The van der Waals surface area contributed by atoms with Crippen LogP contribution in [0.3, 0.4) is 0 Å². The molecule has 8 heteroatoms. The first-order valence-electron chi connectivity index (χ1n) is 11.0. The minimum Gasteiger partial charge on any atom is -0.507 e. The second-order valence-electron chi connectivity index (χ2n) is 8.39. The van der Waals surface area contributed by atoms with Gasteiger partial charge in [0, 0.05) is 49.9 Å². The van der Waals surface area contributed by atoms with Gasteiger partial charge >= 0.3 is 0 Å². The summed E-state index contributed by atoms with van der Waals surface area (Å²) in [5.74, 6) is -0.701. The Kier molecular flexibility index (Phi) is 5.42. The number of ether oxygens (including phenoxy) is 1. The number of aliphatic hydroxyl groups is 1. The van der Waals surface area contributed by atoms with Gasteiger partial charge in [0.2, 0.25) is 0 Å².